The maximum Gasteiger partial charge on any atom is 0.242 e. The van der Waals surface area contributed by atoms with Gasteiger partial charge >= 0.3 is 0 Å². The number of aromatic nitrogens is 4. The van der Waals surface area contributed by atoms with E-state index in [1.165, 1.54) is 13.4 Å². The van der Waals surface area contributed by atoms with Gasteiger partial charge in [0, 0.05) is 12.3 Å². The molecule has 9 heteroatoms. The van der Waals surface area contributed by atoms with Crippen molar-refractivity contribution in [2.75, 3.05) is 18.6 Å². The predicted molar refractivity (Wildman–Crippen MR) is 73.6 cm³/mol. The minimum absolute atomic E-state index is 0.0249. The number of methoxy groups -OCH3 is 1. The molecule has 2 aromatic rings. The van der Waals surface area contributed by atoms with Crippen LogP contribution in [0.4, 0.5) is 0 Å². The van der Waals surface area contributed by atoms with E-state index in [1.807, 2.05) is 0 Å². The van der Waals surface area contributed by atoms with Crippen molar-refractivity contribution in [1.82, 2.24) is 19.5 Å². The minimum Gasteiger partial charge on any atom is -0.479 e. The van der Waals surface area contributed by atoms with Gasteiger partial charge in [-0.25, -0.2) is 13.4 Å². The molecule has 0 atom stereocenters. The highest BCUT2D eigenvalue weighted by atomic mass is 32.2. The summed E-state index contributed by atoms with van der Waals surface area (Å²) in [6.45, 7) is 1.88. The first kappa shape index (κ1) is 13.9. The first-order valence-corrected chi connectivity index (χ1v) is 7.89. The van der Waals surface area contributed by atoms with Crippen molar-refractivity contribution < 1.29 is 13.2 Å². The SMILES string of the molecule is CCS(=O)(=O)CCn1c(=S)[nH]c2c(OC)ncnc21. The largest absolute Gasteiger partial charge is 0.479 e. The van der Waals surface area contributed by atoms with Crippen LogP contribution in [-0.2, 0) is 16.4 Å². The van der Waals surface area contributed by atoms with Gasteiger partial charge in [-0.15, -0.1) is 0 Å². The summed E-state index contributed by atoms with van der Waals surface area (Å²) in [6, 6.07) is 0. The normalized spacial score (nSPS) is 11.9. The highest BCUT2D eigenvalue weighted by molar-refractivity contribution is 7.91. The summed E-state index contributed by atoms with van der Waals surface area (Å²) >= 11 is 5.17. The number of sulfone groups is 1. The molecule has 0 bridgehead atoms. The van der Waals surface area contributed by atoms with E-state index in [-0.39, 0.29) is 18.1 Å². The number of rotatable bonds is 5. The van der Waals surface area contributed by atoms with Crippen LogP contribution in [0.1, 0.15) is 6.92 Å². The fourth-order valence-corrected chi connectivity index (χ4v) is 2.71. The first-order chi connectivity index (χ1) is 8.98. The number of nitrogens with one attached hydrogen (secondary N) is 1. The molecule has 2 aromatic heterocycles. The summed E-state index contributed by atoms with van der Waals surface area (Å²) in [5, 5.41) is 0. The second-order valence-corrected chi connectivity index (χ2v) is 6.76. The Hall–Kier alpha value is -1.48. The number of H-pyrrole nitrogens is 1. The molecule has 0 radical (unpaired) electrons. The van der Waals surface area contributed by atoms with Crippen molar-refractivity contribution in [1.29, 1.82) is 0 Å². The molecule has 0 spiro atoms. The summed E-state index contributed by atoms with van der Waals surface area (Å²) in [5.74, 6) is 0.520. The molecule has 7 nitrogen and oxygen atoms in total. The van der Waals surface area contributed by atoms with Crippen LogP contribution in [-0.4, -0.2) is 46.6 Å². The highest BCUT2D eigenvalue weighted by Crippen LogP contribution is 2.19. The third-order valence-corrected chi connectivity index (χ3v) is 4.79. The lowest BCUT2D eigenvalue weighted by Crippen LogP contribution is -2.15. The molecule has 0 saturated carbocycles. The van der Waals surface area contributed by atoms with Crippen LogP contribution >= 0.6 is 12.2 Å². The molecule has 0 unspecified atom stereocenters. The molecule has 1 N–H and O–H groups in total. The molecular weight excluding hydrogens is 288 g/mol. The maximum absolute atomic E-state index is 11.5. The molecule has 104 valence electrons. The average molecular weight is 302 g/mol. The fourth-order valence-electron chi connectivity index (χ4n) is 1.68. The molecular formula is C10H14N4O3S2. The molecule has 0 saturated heterocycles. The topological polar surface area (TPSA) is 89.9 Å². The number of hydrogen-bond acceptors (Lipinski definition) is 6. The zero-order valence-electron chi connectivity index (χ0n) is 10.6. The van der Waals surface area contributed by atoms with E-state index in [1.54, 1.807) is 11.5 Å². The monoisotopic (exact) mass is 302 g/mol. The molecule has 0 aliphatic carbocycles. The van der Waals surface area contributed by atoms with E-state index in [0.717, 1.165) is 0 Å². The molecule has 19 heavy (non-hydrogen) atoms. The van der Waals surface area contributed by atoms with Crippen LogP contribution in [0.15, 0.2) is 6.33 Å². The summed E-state index contributed by atoms with van der Waals surface area (Å²) in [4.78, 5) is 11.0. The zero-order valence-corrected chi connectivity index (χ0v) is 12.2. The summed E-state index contributed by atoms with van der Waals surface area (Å²) in [5.41, 5.74) is 1.12. The molecule has 0 aromatic carbocycles. The number of hydrogen-bond donors (Lipinski definition) is 1. The Kier molecular flexibility index (Phi) is 3.85. The number of fused-ring (bicyclic) bond motifs is 1. The van der Waals surface area contributed by atoms with Gasteiger partial charge < -0.3 is 14.3 Å². The van der Waals surface area contributed by atoms with Gasteiger partial charge in [0.15, 0.2) is 20.3 Å². The summed E-state index contributed by atoms with van der Waals surface area (Å²) in [7, 11) is -1.55. The van der Waals surface area contributed by atoms with Gasteiger partial charge in [-0.1, -0.05) is 6.92 Å². The Bertz CT molecular complexity index is 748. The van der Waals surface area contributed by atoms with Gasteiger partial charge in [0.2, 0.25) is 5.88 Å². The van der Waals surface area contributed by atoms with E-state index in [2.05, 4.69) is 15.0 Å². The molecule has 0 aliphatic heterocycles. The van der Waals surface area contributed by atoms with Crippen LogP contribution in [0.3, 0.4) is 0 Å². The smallest absolute Gasteiger partial charge is 0.242 e. The molecule has 0 fully saturated rings. The second-order valence-electron chi connectivity index (χ2n) is 3.90. The van der Waals surface area contributed by atoms with E-state index in [0.29, 0.717) is 21.8 Å². The van der Waals surface area contributed by atoms with Crippen LogP contribution in [0.5, 0.6) is 5.88 Å². The minimum atomic E-state index is -3.05. The van der Waals surface area contributed by atoms with Crippen molar-refractivity contribution in [3.8, 4) is 5.88 Å². The van der Waals surface area contributed by atoms with Gasteiger partial charge in [0.25, 0.3) is 0 Å². The standard InChI is InChI=1S/C10H14N4O3S2/c1-3-19(15,16)5-4-14-8-7(13-10(14)18)9(17-2)12-6-11-8/h6H,3-5H2,1-2H3,(H,13,18). The molecule has 2 rings (SSSR count). The summed E-state index contributed by atoms with van der Waals surface area (Å²) in [6.07, 6.45) is 1.36. The van der Waals surface area contributed by atoms with E-state index in [9.17, 15) is 8.42 Å². The number of imidazole rings is 1. The van der Waals surface area contributed by atoms with Crippen molar-refractivity contribution in [3.05, 3.63) is 11.1 Å². The molecule has 2 heterocycles. The van der Waals surface area contributed by atoms with Gasteiger partial charge in [-0.2, -0.15) is 4.98 Å². The van der Waals surface area contributed by atoms with E-state index < -0.39 is 9.84 Å². The van der Waals surface area contributed by atoms with Crippen molar-refractivity contribution in [2.24, 2.45) is 0 Å². The lowest BCUT2D eigenvalue weighted by atomic mass is 10.5. The third kappa shape index (κ3) is 2.76. The van der Waals surface area contributed by atoms with Gasteiger partial charge in [-0.3, -0.25) is 0 Å². The van der Waals surface area contributed by atoms with Crippen LogP contribution in [0.2, 0.25) is 0 Å². The lowest BCUT2D eigenvalue weighted by molar-refractivity contribution is 0.401. The Morgan fingerprint density at radius 2 is 2.21 bits per heavy atom. The predicted octanol–water partition coefficient (Wildman–Crippen LogP) is 0.932. The quantitative estimate of drug-likeness (QED) is 0.826. The Morgan fingerprint density at radius 3 is 2.84 bits per heavy atom. The Morgan fingerprint density at radius 1 is 1.47 bits per heavy atom. The fraction of sp³-hybridized carbons (Fsp3) is 0.500. The van der Waals surface area contributed by atoms with Crippen LogP contribution in [0.25, 0.3) is 11.2 Å². The number of ether oxygens (including phenoxy) is 1. The van der Waals surface area contributed by atoms with Crippen LogP contribution < -0.4 is 4.74 Å². The maximum atomic E-state index is 11.5. The number of aryl methyl sites for hydroxylation is 1. The van der Waals surface area contributed by atoms with Crippen LogP contribution in [0, 0.1) is 4.77 Å². The third-order valence-electron chi connectivity index (χ3n) is 2.78. The Labute approximate surface area is 115 Å². The van der Waals surface area contributed by atoms with E-state index >= 15 is 0 Å². The second kappa shape index (κ2) is 5.25. The number of aromatic amines is 1. The van der Waals surface area contributed by atoms with E-state index in [4.69, 9.17) is 17.0 Å². The number of nitrogens with zero attached hydrogens (tertiary/aromatic N) is 3. The molecule has 0 aliphatic rings. The van der Waals surface area contributed by atoms with Crippen molar-refractivity contribution >= 4 is 33.2 Å². The van der Waals surface area contributed by atoms with Gasteiger partial charge in [0.1, 0.15) is 11.8 Å². The van der Waals surface area contributed by atoms with Crippen molar-refractivity contribution in [2.45, 2.75) is 13.5 Å². The van der Waals surface area contributed by atoms with Gasteiger partial charge in [-0.05, 0) is 12.2 Å². The lowest BCUT2D eigenvalue weighted by Gasteiger charge is -2.04. The summed E-state index contributed by atoms with van der Waals surface area (Å²) < 4.78 is 30.2. The zero-order chi connectivity index (χ0) is 14.0. The molecule has 0 amide bonds. The Balaban J connectivity index is 2.44. The highest BCUT2D eigenvalue weighted by Gasteiger charge is 2.14. The first-order valence-electron chi connectivity index (χ1n) is 5.66. The average Bonchev–Trinajstić information content (AvgIpc) is 2.72. The van der Waals surface area contributed by atoms with Crippen molar-refractivity contribution in [3.63, 3.8) is 0 Å². The van der Waals surface area contributed by atoms with Gasteiger partial charge in [0.05, 0.1) is 12.9 Å².